The summed E-state index contributed by atoms with van der Waals surface area (Å²) < 4.78 is 37.1. The van der Waals surface area contributed by atoms with Crippen molar-refractivity contribution in [3.8, 4) is 11.8 Å². The fraction of sp³-hybridized carbons (Fsp3) is 0.273. The fourth-order valence-electron chi connectivity index (χ4n) is 1.11. The smallest absolute Gasteiger partial charge is 0.398 e. The van der Waals surface area contributed by atoms with Crippen molar-refractivity contribution >= 4 is 21.6 Å². The summed E-state index contributed by atoms with van der Waals surface area (Å²) in [7, 11) is 0. The number of benzene rings is 1. The molecule has 0 unspecified atom stereocenters. The number of rotatable bonds is 1. The summed E-state index contributed by atoms with van der Waals surface area (Å²) in [4.78, 5) is 0. The van der Waals surface area contributed by atoms with Gasteiger partial charge in [0.1, 0.15) is 0 Å². The molecule has 0 fully saturated rings. The molecule has 0 aliphatic carbocycles. The van der Waals surface area contributed by atoms with Gasteiger partial charge in [-0.1, -0.05) is 27.8 Å². The van der Waals surface area contributed by atoms with Crippen molar-refractivity contribution in [2.45, 2.75) is 12.6 Å². The van der Waals surface area contributed by atoms with E-state index < -0.39 is 11.7 Å². The highest BCUT2D eigenvalue weighted by molar-refractivity contribution is 9.09. The van der Waals surface area contributed by atoms with Gasteiger partial charge in [-0.25, -0.2) is 0 Å². The van der Waals surface area contributed by atoms with Crippen molar-refractivity contribution in [3.05, 3.63) is 29.3 Å². The lowest BCUT2D eigenvalue weighted by atomic mass is 10.1. The Kier molecular flexibility index (Phi) is 4.25. The van der Waals surface area contributed by atoms with Gasteiger partial charge in [-0.3, -0.25) is 0 Å². The molecule has 1 aromatic carbocycles. The van der Waals surface area contributed by atoms with Gasteiger partial charge in [0.2, 0.25) is 0 Å². The Morgan fingerprint density at radius 2 is 2.00 bits per heavy atom. The van der Waals surface area contributed by atoms with Crippen molar-refractivity contribution in [3.63, 3.8) is 0 Å². The van der Waals surface area contributed by atoms with Crippen LogP contribution in [0.5, 0.6) is 0 Å². The molecule has 0 aliphatic rings. The number of hydrogen-bond donors (Lipinski definition) is 1. The number of alkyl halides is 4. The Bertz CT molecular complexity index is 429. The first-order valence-corrected chi connectivity index (χ1v) is 5.59. The van der Waals surface area contributed by atoms with Crippen LogP contribution in [0.4, 0.5) is 18.9 Å². The molecule has 0 heterocycles. The Morgan fingerprint density at radius 1 is 1.31 bits per heavy atom. The molecule has 0 atom stereocenters. The van der Waals surface area contributed by atoms with Crippen LogP contribution in [0, 0.1) is 11.8 Å². The number of hydrogen-bond acceptors (Lipinski definition) is 1. The van der Waals surface area contributed by atoms with Gasteiger partial charge >= 0.3 is 6.18 Å². The summed E-state index contributed by atoms with van der Waals surface area (Å²) in [6, 6.07) is 3.51. The zero-order valence-electron chi connectivity index (χ0n) is 8.24. The van der Waals surface area contributed by atoms with Gasteiger partial charge in [-0.05, 0) is 18.2 Å². The molecule has 0 amide bonds. The minimum Gasteiger partial charge on any atom is -0.398 e. The first-order valence-electron chi connectivity index (χ1n) is 4.46. The number of halogens is 4. The molecule has 2 N–H and O–H groups in total. The van der Waals surface area contributed by atoms with E-state index in [1.54, 1.807) is 0 Å². The van der Waals surface area contributed by atoms with Crippen LogP contribution < -0.4 is 5.73 Å². The van der Waals surface area contributed by atoms with Crippen LogP contribution in [0.1, 0.15) is 17.5 Å². The van der Waals surface area contributed by atoms with Crippen LogP contribution in [0.2, 0.25) is 0 Å². The maximum atomic E-state index is 12.4. The average molecular weight is 292 g/mol. The molecule has 0 bridgehead atoms. The lowest BCUT2D eigenvalue weighted by Gasteiger charge is -2.09. The lowest BCUT2D eigenvalue weighted by molar-refractivity contribution is -0.136. The molecule has 0 spiro atoms. The summed E-state index contributed by atoms with van der Waals surface area (Å²) in [6.45, 7) is 0. The molecular weight excluding hydrogens is 283 g/mol. The maximum absolute atomic E-state index is 12.4. The van der Waals surface area contributed by atoms with Crippen LogP contribution in [0.3, 0.4) is 0 Å². The minimum absolute atomic E-state index is 0.293. The summed E-state index contributed by atoms with van der Waals surface area (Å²) in [6.07, 6.45) is -3.77. The normalized spacial score (nSPS) is 10.8. The Morgan fingerprint density at radius 3 is 2.50 bits per heavy atom. The Balaban J connectivity index is 2.97. The van der Waals surface area contributed by atoms with Crippen molar-refractivity contribution < 1.29 is 13.2 Å². The highest BCUT2D eigenvalue weighted by atomic mass is 79.9. The lowest BCUT2D eigenvalue weighted by Crippen LogP contribution is -2.08. The molecule has 1 nitrogen and oxygen atoms in total. The van der Waals surface area contributed by atoms with Crippen LogP contribution in [-0.2, 0) is 6.18 Å². The topological polar surface area (TPSA) is 26.0 Å². The summed E-state index contributed by atoms with van der Waals surface area (Å²) in [5, 5.41) is 0.732. The summed E-state index contributed by atoms with van der Waals surface area (Å²) in [5.41, 5.74) is 4.69. The average Bonchev–Trinajstić information content (AvgIpc) is 2.16. The van der Waals surface area contributed by atoms with Crippen LogP contribution in [-0.4, -0.2) is 5.33 Å². The van der Waals surface area contributed by atoms with Gasteiger partial charge in [0.15, 0.2) is 0 Å². The molecule has 0 saturated heterocycles. The van der Waals surface area contributed by atoms with Gasteiger partial charge in [0, 0.05) is 23.0 Å². The third-order valence-corrected chi connectivity index (χ3v) is 2.21. The van der Waals surface area contributed by atoms with Crippen molar-refractivity contribution in [1.29, 1.82) is 0 Å². The van der Waals surface area contributed by atoms with Crippen molar-refractivity contribution in [2.75, 3.05) is 11.1 Å². The zero-order chi connectivity index (χ0) is 12.2. The summed E-state index contributed by atoms with van der Waals surface area (Å²) >= 11 is 3.20. The fourth-order valence-corrected chi connectivity index (χ4v) is 1.31. The van der Waals surface area contributed by atoms with E-state index in [9.17, 15) is 13.2 Å². The zero-order valence-corrected chi connectivity index (χ0v) is 9.82. The molecule has 0 aliphatic heterocycles. The number of nitrogens with two attached hydrogens (primary N) is 1. The second-order valence-corrected chi connectivity index (χ2v) is 3.83. The third-order valence-electron chi connectivity index (χ3n) is 1.81. The molecule has 5 heteroatoms. The molecule has 16 heavy (non-hydrogen) atoms. The van der Waals surface area contributed by atoms with E-state index in [-0.39, 0.29) is 5.69 Å². The molecule has 0 saturated carbocycles. The second kappa shape index (κ2) is 5.26. The Hall–Kier alpha value is -1.15. The van der Waals surface area contributed by atoms with E-state index in [1.807, 2.05) is 0 Å². The van der Waals surface area contributed by atoms with Gasteiger partial charge in [0.05, 0.1) is 5.56 Å². The molecule has 1 rings (SSSR count). The quantitative estimate of drug-likeness (QED) is 0.479. The van der Waals surface area contributed by atoms with Crippen LogP contribution >= 0.6 is 15.9 Å². The molecule has 0 radical (unpaired) electrons. The van der Waals surface area contributed by atoms with Gasteiger partial charge < -0.3 is 5.73 Å². The largest absolute Gasteiger partial charge is 0.418 e. The molecule has 1 aromatic rings. The first kappa shape index (κ1) is 12.9. The highest BCUT2D eigenvalue weighted by Gasteiger charge is 2.32. The number of nitrogen functional groups attached to an aromatic ring is 1. The van der Waals surface area contributed by atoms with Crippen LogP contribution in [0.25, 0.3) is 0 Å². The van der Waals surface area contributed by atoms with E-state index >= 15 is 0 Å². The van der Waals surface area contributed by atoms with Crippen molar-refractivity contribution in [2.24, 2.45) is 0 Å². The second-order valence-electron chi connectivity index (χ2n) is 3.04. The van der Waals surface area contributed by atoms with Crippen molar-refractivity contribution in [1.82, 2.24) is 0 Å². The van der Waals surface area contributed by atoms with Gasteiger partial charge in [-0.15, -0.1) is 0 Å². The van der Waals surface area contributed by atoms with E-state index in [1.165, 1.54) is 12.1 Å². The van der Waals surface area contributed by atoms with E-state index in [2.05, 4.69) is 27.8 Å². The summed E-state index contributed by atoms with van der Waals surface area (Å²) in [5.74, 6) is 5.54. The van der Waals surface area contributed by atoms with Gasteiger partial charge in [-0.2, -0.15) is 13.2 Å². The molecule has 0 aromatic heterocycles. The number of anilines is 1. The van der Waals surface area contributed by atoms with E-state index in [0.717, 1.165) is 11.4 Å². The predicted molar refractivity (Wildman–Crippen MR) is 61.1 cm³/mol. The monoisotopic (exact) mass is 291 g/mol. The Labute approximate surface area is 100.0 Å². The highest BCUT2D eigenvalue weighted by Crippen LogP contribution is 2.33. The first-order chi connectivity index (χ1) is 7.45. The van der Waals surface area contributed by atoms with E-state index in [0.29, 0.717) is 12.0 Å². The van der Waals surface area contributed by atoms with Gasteiger partial charge in [0.25, 0.3) is 0 Å². The molecule has 86 valence electrons. The SMILES string of the molecule is Nc1cc(C#CCCBr)ccc1C(F)(F)F. The van der Waals surface area contributed by atoms with E-state index in [4.69, 9.17) is 5.73 Å². The predicted octanol–water partition coefficient (Wildman–Crippen LogP) is 3.42. The third kappa shape index (κ3) is 3.46. The standard InChI is InChI=1S/C11H9BrF3N/c12-6-2-1-3-8-4-5-9(10(16)7-8)11(13,14)15/h4-5,7H,2,6,16H2. The minimum atomic E-state index is -4.41. The van der Waals surface area contributed by atoms with Crippen LogP contribution in [0.15, 0.2) is 18.2 Å². The maximum Gasteiger partial charge on any atom is 0.418 e. The molecular formula is C11H9BrF3N.